The van der Waals surface area contributed by atoms with Gasteiger partial charge in [-0.1, -0.05) is 78.9 Å². The SMILES string of the molecule is Cc1ccccc1-c1cccc(CCCCC(=O)N2C(=O)OCC2Cc2ccccc2)c1. The van der Waals surface area contributed by atoms with Crippen molar-refractivity contribution in [3.63, 3.8) is 0 Å². The maximum Gasteiger partial charge on any atom is 0.416 e. The van der Waals surface area contributed by atoms with Crippen LogP contribution in [0.25, 0.3) is 11.1 Å². The molecule has 32 heavy (non-hydrogen) atoms. The Hall–Kier alpha value is -3.40. The summed E-state index contributed by atoms with van der Waals surface area (Å²) in [5.41, 5.74) is 6.10. The van der Waals surface area contributed by atoms with Gasteiger partial charge < -0.3 is 4.74 Å². The molecule has 1 unspecified atom stereocenters. The van der Waals surface area contributed by atoms with Crippen LogP contribution in [0.3, 0.4) is 0 Å². The molecule has 3 aromatic carbocycles. The normalized spacial score (nSPS) is 15.6. The average Bonchev–Trinajstić information content (AvgIpc) is 3.17. The molecular weight excluding hydrogens is 398 g/mol. The fourth-order valence-corrected chi connectivity index (χ4v) is 4.32. The molecule has 4 heteroatoms. The van der Waals surface area contributed by atoms with Crippen molar-refractivity contribution in [3.8, 4) is 11.1 Å². The molecule has 0 N–H and O–H groups in total. The Labute approximate surface area is 189 Å². The van der Waals surface area contributed by atoms with Crippen molar-refractivity contribution in [2.75, 3.05) is 6.61 Å². The van der Waals surface area contributed by atoms with Gasteiger partial charge in [0, 0.05) is 6.42 Å². The van der Waals surface area contributed by atoms with E-state index in [1.807, 2.05) is 30.3 Å². The van der Waals surface area contributed by atoms with Gasteiger partial charge in [-0.2, -0.15) is 0 Å². The van der Waals surface area contributed by atoms with E-state index in [2.05, 4.69) is 55.5 Å². The van der Waals surface area contributed by atoms with Crippen molar-refractivity contribution in [2.24, 2.45) is 0 Å². The standard InChI is InChI=1S/C28H29NO3/c1-21-10-5-7-16-26(21)24-15-9-14-22(18-24)13-6-8-17-27(30)29-25(20-32-28(29)31)19-23-11-3-2-4-12-23/h2-5,7,9-12,14-16,18,25H,6,8,13,17,19-20H2,1H3. The molecule has 3 aromatic rings. The van der Waals surface area contributed by atoms with Crippen molar-refractivity contribution in [3.05, 3.63) is 95.6 Å². The zero-order valence-corrected chi connectivity index (χ0v) is 18.5. The van der Waals surface area contributed by atoms with E-state index in [1.165, 1.54) is 27.2 Å². The number of carbonyl (C=O) groups excluding carboxylic acids is 2. The monoisotopic (exact) mass is 427 g/mol. The fraction of sp³-hybridized carbons (Fsp3) is 0.286. The third-order valence-corrected chi connectivity index (χ3v) is 6.03. The molecule has 164 valence electrons. The molecule has 1 saturated heterocycles. The average molecular weight is 428 g/mol. The Morgan fingerprint density at radius 2 is 1.69 bits per heavy atom. The van der Waals surface area contributed by atoms with E-state index in [4.69, 9.17) is 4.74 Å². The van der Waals surface area contributed by atoms with Crippen LogP contribution in [-0.2, 0) is 22.4 Å². The van der Waals surface area contributed by atoms with Crippen LogP contribution in [0.2, 0.25) is 0 Å². The van der Waals surface area contributed by atoms with Gasteiger partial charge in [-0.15, -0.1) is 0 Å². The number of carbonyl (C=O) groups is 2. The first-order valence-corrected chi connectivity index (χ1v) is 11.3. The first kappa shape index (κ1) is 21.8. The van der Waals surface area contributed by atoms with Crippen LogP contribution in [0.1, 0.15) is 36.0 Å². The van der Waals surface area contributed by atoms with Crippen LogP contribution in [-0.4, -0.2) is 29.5 Å². The van der Waals surface area contributed by atoms with E-state index >= 15 is 0 Å². The van der Waals surface area contributed by atoms with Crippen LogP contribution in [0.4, 0.5) is 4.79 Å². The molecule has 1 heterocycles. The predicted molar refractivity (Wildman–Crippen MR) is 126 cm³/mol. The molecule has 0 aromatic heterocycles. The van der Waals surface area contributed by atoms with Crippen LogP contribution >= 0.6 is 0 Å². The lowest BCUT2D eigenvalue weighted by Crippen LogP contribution is -2.40. The minimum Gasteiger partial charge on any atom is -0.447 e. The highest BCUT2D eigenvalue weighted by molar-refractivity contribution is 5.93. The molecule has 0 radical (unpaired) electrons. The number of amides is 2. The maximum absolute atomic E-state index is 12.8. The van der Waals surface area contributed by atoms with Crippen molar-refractivity contribution in [1.29, 1.82) is 0 Å². The van der Waals surface area contributed by atoms with Crippen molar-refractivity contribution in [1.82, 2.24) is 4.90 Å². The number of aryl methyl sites for hydroxylation is 2. The second-order valence-electron chi connectivity index (χ2n) is 8.41. The molecule has 1 aliphatic heterocycles. The molecule has 0 spiro atoms. The van der Waals surface area contributed by atoms with Gasteiger partial charge in [0.05, 0.1) is 6.04 Å². The van der Waals surface area contributed by atoms with E-state index in [1.54, 1.807) is 0 Å². The highest BCUT2D eigenvalue weighted by Crippen LogP contribution is 2.25. The lowest BCUT2D eigenvalue weighted by atomic mass is 9.97. The largest absolute Gasteiger partial charge is 0.447 e. The fourth-order valence-electron chi connectivity index (χ4n) is 4.32. The van der Waals surface area contributed by atoms with Crippen LogP contribution in [0.5, 0.6) is 0 Å². The van der Waals surface area contributed by atoms with Crippen molar-refractivity contribution < 1.29 is 14.3 Å². The summed E-state index contributed by atoms with van der Waals surface area (Å²) in [6, 6.07) is 26.7. The molecule has 0 bridgehead atoms. The zero-order chi connectivity index (χ0) is 22.3. The number of unbranched alkanes of at least 4 members (excludes halogenated alkanes) is 1. The Bertz CT molecular complexity index is 1080. The number of benzene rings is 3. The van der Waals surface area contributed by atoms with Gasteiger partial charge in [-0.05, 0) is 60.4 Å². The van der Waals surface area contributed by atoms with Gasteiger partial charge >= 0.3 is 6.09 Å². The quantitative estimate of drug-likeness (QED) is 0.416. The summed E-state index contributed by atoms with van der Waals surface area (Å²) in [6.45, 7) is 2.40. The summed E-state index contributed by atoms with van der Waals surface area (Å²) in [5, 5.41) is 0. The zero-order valence-electron chi connectivity index (χ0n) is 18.5. The lowest BCUT2D eigenvalue weighted by Gasteiger charge is -2.19. The predicted octanol–water partition coefficient (Wildman–Crippen LogP) is 5.96. The molecule has 0 aliphatic carbocycles. The van der Waals surface area contributed by atoms with Crippen molar-refractivity contribution in [2.45, 2.75) is 45.1 Å². The maximum atomic E-state index is 12.8. The van der Waals surface area contributed by atoms with Gasteiger partial charge in [0.2, 0.25) is 5.91 Å². The molecule has 4 nitrogen and oxygen atoms in total. The second-order valence-corrected chi connectivity index (χ2v) is 8.41. The second kappa shape index (κ2) is 10.3. The number of rotatable bonds is 8. The van der Waals surface area contributed by atoms with E-state index in [0.717, 1.165) is 24.8 Å². The van der Waals surface area contributed by atoms with Gasteiger partial charge in [-0.25, -0.2) is 9.69 Å². The Kier molecular flexibility index (Phi) is 7.00. The van der Waals surface area contributed by atoms with E-state index in [-0.39, 0.29) is 18.6 Å². The number of cyclic esters (lactones) is 1. The first-order valence-electron chi connectivity index (χ1n) is 11.3. The van der Waals surface area contributed by atoms with Crippen LogP contribution in [0.15, 0.2) is 78.9 Å². The van der Waals surface area contributed by atoms with E-state index in [9.17, 15) is 9.59 Å². The molecule has 1 aliphatic rings. The van der Waals surface area contributed by atoms with Gasteiger partial charge in [0.15, 0.2) is 0 Å². The van der Waals surface area contributed by atoms with E-state index in [0.29, 0.717) is 12.8 Å². The Balaban J connectivity index is 1.30. The summed E-state index contributed by atoms with van der Waals surface area (Å²) in [5.74, 6) is -0.137. The molecular formula is C28H29NO3. The smallest absolute Gasteiger partial charge is 0.416 e. The Morgan fingerprint density at radius 1 is 0.938 bits per heavy atom. The van der Waals surface area contributed by atoms with Crippen LogP contribution < -0.4 is 0 Å². The number of nitrogens with zero attached hydrogens (tertiary/aromatic N) is 1. The molecule has 1 atom stereocenters. The van der Waals surface area contributed by atoms with Gasteiger partial charge in [0.25, 0.3) is 0 Å². The van der Waals surface area contributed by atoms with Gasteiger partial charge in [0.1, 0.15) is 6.61 Å². The number of imide groups is 1. The van der Waals surface area contributed by atoms with Crippen LogP contribution in [0, 0.1) is 6.92 Å². The van der Waals surface area contributed by atoms with Crippen molar-refractivity contribution >= 4 is 12.0 Å². The summed E-state index contributed by atoms with van der Waals surface area (Å²) < 4.78 is 5.18. The van der Waals surface area contributed by atoms with Gasteiger partial charge in [-0.3, -0.25) is 4.79 Å². The first-order chi connectivity index (χ1) is 15.6. The minimum absolute atomic E-state index is 0.137. The highest BCUT2D eigenvalue weighted by atomic mass is 16.6. The molecule has 4 rings (SSSR count). The highest BCUT2D eigenvalue weighted by Gasteiger charge is 2.37. The lowest BCUT2D eigenvalue weighted by molar-refractivity contribution is -0.129. The number of ether oxygens (including phenoxy) is 1. The minimum atomic E-state index is -0.512. The summed E-state index contributed by atoms with van der Waals surface area (Å²) in [7, 11) is 0. The molecule has 0 saturated carbocycles. The summed E-state index contributed by atoms with van der Waals surface area (Å²) >= 11 is 0. The third-order valence-electron chi connectivity index (χ3n) is 6.03. The molecule has 2 amide bonds. The summed E-state index contributed by atoms with van der Waals surface area (Å²) in [4.78, 5) is 26.2. The van der Waals surface area contributed by atoms with E-state index < -0.39 is 6.09 Å². The topological polar surface area (TPSA) is 46.6 Å². The number of hydrogen-bond acceptors (Lipinski definition) is 3. The third kappa shape index (κ3) is 5.25. The molecule has 1 fully saturated rings. The number of hydrogen-bond donors (Lipinski definition) is 0. The summed E-state index contributed by atoms with van der Waals surface area (Å²) in [6.07, 6.45) is 3.03. The Morgan fingerprint density at radius 3 is 2.50 bits per heavy atom.